The van der Waals surface area contributed by atoms with E-state index in [1.165, 1.54) is 24.3 Å². The Kier molecular flexibility index (Phi) is 14.3. The highest BCUT2D eigenvalue weighted by Crippen LogP contribution is 2.34. The average Bonchev–Trinajstić information content (AvgIpc) is 3.18. The number of carbonyl (C=O) groups excluding carboxylic acids is 2. The Morgan fingerprint density at radius 3 is 1.21 bits per heavy atom. The molecule has 0 radical (unpaired) electrons. The third-order valence-corrected chi connectivity index (χ3v) is 10.8. The number of sulfonamides is 2. The Bertz CT molecular complexity index is 2450. The van der Waals surface area contributed by atoms with Crippen molar-refractivity contribution in [3.8, 4) is 23.0 Å². The number of rotatable bonds is 12. The Morgan fingerprint density at radius 1 is 0.517 bits per heavy atom. The Labute approximate surface area is 346 Å². The molecular formula is C42H38Cl2N4O8S2. The lowest BCUT2D eigenvalue weighted by Gasteiger charge is -2.15. The first kappa shape index (κ1) is 43.4. The zero-order valence-corrected chi connectivity index (χ0v) is 34.1. The Hall–Kier alpha value is -5.74. The first-order chi connectivity index (χ1) is 27.5. The van der Waals surface area contributed by atoms with E-state index < -0.39 is 31.9 Å². The number of halogens is 2. The number of hydrogen-bond donors (Lipinski definition) is 4. The lowest BCUT2D eigenvalue weighted by atomic mass is 10.0. The van der Waals surface area contributed by atoms with E-state index in [0.29, 0.717) is 32.9 Å². The standard InChI is InChI=1S/2C21H19ClN2O4S/c2*1-14(15-6-3-2-4-7-15)21(25)24-17-10-11-19(20(13-17)29(23,26)27)28-18-9-5-8-16(22)12-18/h2*2-14H,1H3,(H,24,25)(H2,23,26,27)/t2*14-/m10/s1. The number of primary sulfonamides is 2. The SMILES string of the molecule is C[C@@H](C(=O)Nc1ccc(Oc2cccc(Cl)c2)c(S(N)(=O)=O)c1)c1ccccc1.C[C@H](C(=O)Nc1ccc(Oc2cccc(Cl)c2)c(S(N)(=O)=O)c1)c1ccccc1. The molecule has 2 atom stereocenters. The van der Waals surface area contributed by atoms with Crippen molar-refractivity contribution in [2.75, 3.05) is 10.6 Å². The predicted molar refractivity (Wildman–Crippen MR) is 226 cm³/mol. The van der Waals surface area contributed by atoms with Crippen molar-refractivity contribution in [1.82, 2.24) is 0 Å². The molecule has 58 heavy (non-hydrogen) atoms. The highest BCUT2D eigenvalue weighted by molar-refractivity contribution is 7.89. The summed E-state index contributed by atoms with van der Waals surface area (Å²) in [5, 5.41) is 17.0. The minimum atomic E-state index is -4.10. The summed E-state index contributed by atoms with van der Waals surface area (Å²) in [7, 11) is -8.21. The molecule has 12 nitrogen and oxygen atoms in total. The maximum absolute atomic E-state index is 12.5. The molecule has 0 aromatic heterocycles. The maximum Gasteiger partial charge on any atom is 0.241 e. The molecule has 0 bridgehead atoms. The molecule has 0 heterocycles. The van der Waals surface area contributed by atoms with Crippen LogP contribution in [0.1, 0.15) is 36.8 Å². The summed E-state index contributed by atoms with van der Waals surface area (Å²) in [6, 6.07) is 40.1. The summed E-state index contributed by atoms with van der Waals surface area (Å²) >= 11 is 11.9. The molecule has 2 amide bonds. The average molecular weight is 862 g/mol. The Morgan fingerprint density at radius 2 is 0.879 bits per heavy atom. The van der Waals surface area contributed by atoms with Crippen molar-refractivity contribution >= 4 is 66.4 Å². The first-order valence-corrected chi connectivity index (χ1v) is 21.2. The summed E-state index contributed by atoms with van der Waals surface area (Å²) in [5.74, 6) is -0.616. The monoisotopic (exact) mass is 860 g/mol. The van der Waals surface area contributed by atoms with Gasteiger partial charge in [0.15, 0.2) is 0 Å². The van der Waals surface area contributed by atoms with Crippen LogP contribution in [0.2, 0.25) is 10.0 Å². The lowest BCUT2D eigenvalue weighted by Crippen LogP contribution is -2.19. The van der Waals surface area contributed by atoms with Crippen molar-refractivity contribution in [2.24, 2.45) is 10.3 Å². The largest absolute Gasteiger partial charge is 0.456 e. The van der Waals surface area contributed by atoms with Crippen LogP contribution < -0.4 is 30.4 Å². The second kappa shape index (κ2) is 19.1. The highest BCUT2D eigenvalue weighted by atomic mass is 35.5. The third-order valence-electron chi connectivity index (χ3n) is 8.47. The molecule has 6 rings (SSSR count). The van der Waals surface area contributed by atoms with Gasteiger partial charge in [-0.15, -0.1) is 0 Å². The summed E-state index contributed by atoms with van der Waals surface area (Å²) in [6.07, 6.45) is 0. The van der Waals surface area contributed by atoms with Crippen molar-refractivity contribution in [2.45, 2.75) is 35.5 Å². The van der Waals surface area contributed by atoms with E-state index >= 15 is 0 Å². The number of nitrogens with two attached hydrogens (primary N) is 2. The number of anilines is 2. The van der Waals surface area contributed by atoms with Crippen LogP contribution in [0, 0.1) is 0 Å². The van der Waals surface area contributed by atoms with Crippen LogP contribution in [0.4, 0.5) is 11.4 Å². The van der Waals surface area contributed by atoms with Gasteiger partial charge in [-0.3, -0.25) is 9.59 Å². The second-order valence-corrected chi connectivity index (χ2v) is 16.7. The maximum atomic E-state index is 12.5. The lowest BCUT2D eigenvalue weighted by molar-refractivity contribution is -0.118. The molecule has 0 saturated heterocycles. The zero-order valence-electron chi connectivity index (χ0n) is 31.0. The molecule has 6 aromatic carbocycles. The number of amides is 2. The van der Waals surface area contributed by atoms with Crippen molar-refractivity contribution in [3.05, 3.63) is 167 Å². The Balaban J connectivity index is 0.000000221. The van der Waals surface area contributed by atoms with Crippen molar-refractivity contribution < 1.29 is 35.9 Å². The third kappa shape index (κ3) is 12.1. The highest BCUT2D eigenvalue weighted by Gasteiger charge is 2.22. The molecule has 0 unspecified atom stereocenters. The van der Waals surface area contributed by atoms with Gasteiger partial charge in [0.05, 0.1) is 11.8 Å². The smallest absolute Gasteiger partial charge is 0.241 e. The van der Waals surface area contributed by atoms with Gasteiger partial charge in [-0.25, -0.2) is 27.1 Å². The van der Waals surface area contributed by atoms with Gasteiger partial charge in [-0.2, -0.15) is 0 Å². The van der Waals surface area contributed by atoms with Crippen LogP contribution in [0.3, 0.4) is 0 Å². The summed E-state index contributed by atoms with van der Waals surface area (Å²) < 4.78 is 59.5. The van der Waals surface area contributed by atoms with E-state index in [4.69, 9.17) is 43.0 Å². The van der Waals surface area contributed by atoms with E-state index in [-0.39, 0.29) is 33.1 Å². The molecular weight excluding hydrogens is 824 g/mol. The first-order valence-electron chi connectivity index (χ1n) is 17.4. The fraction of sp³-hybridized carbons (Fsp3) is 0.0952. The fourth-order valence-electron chi connectivity index (χ4n) is 5.39. The fourth-order valence-corrected chi connectivity index (χ4v) is 7.11. The topological polar surface area (TPSA) is 197 Å². The molecule has 6 N–H and O–H groups in total. The van der Waals surface area contributed by atoms with Gasteiger partial charge in [-0.1, -0.05) is 96.0 Å². The van der Waals surface area contributed by atoms with E-state index in [1.54, 1.807) is 74.5 Å². The molecule has 0 aliphatic heterocycles. The zero-order chi connectivity index (χ0) is 42.0. The number of ether oxygens (including phenoxy) is 2. The predicted octanol–water partition coefficient (Wildman–Crippen LogP) is 9.04. The van der Waals surface area contributed by atoms with E-state index in [9.17, 15) is 26.4 Å². The van der Waals surface area contributed by atoms with Crippen LogP contribution in [-0.2, 0) is 29.6 Å². The van der Waals surface area contributed by atoms with Crippen molar-refractivity contribution in [1.29, 1.82) is 0 Å². The van der Waals surface area contributed by atoms with Gasteiger partial charge in [0.2, 0.25) is 31.9 Å². The van der Waals surface area contributed by atoms with Gasteiger partial charge in [0.1, 0.15) is 32.8 Å². The molecule has 0 saturated carbocycles. The van der Waals surface area contributed by atoms with Crippen LogP contribution in [0.5, 0.6) is 23.0 Å². The number of benzene rings is 6. The van der Waals surface area contributed by atoms with Gasteiger partial charge in [0, 0.05) is 21.4 Å². The van der Waals surface area contributed by atoms with Crippen LogP contribution in [0.15, 0.2) is 155 Å². The molecule has 0 aliphatic rings. The van der Waals surface area contributed by atoms with E-state index in [0.717, 1.165) is 11.1 Å². The molecule has 16 heteroatoms. The minimum absolute atomic E-state index is 0.0314. The van der Waals surface area contributed by atoms with Gasteiger partial charge < -0.3 is 20.1 Å². The van der Waals surface area contributed by atoms with Gasteiger partial charge in [0.25, 0.3) is 0 Å². The van der Waals surface area contributed by atoms with Gasteiger partial charge >= 0.3 is 0 Å². The quantitative estimate of drug-likeness (QED) is 0.0935. The molecule has 0 aliphatic carbocycles. The molecule has 0 spiro atoms. The van der Waals surface area contributed by atoms with Crippen LogP contribution in [0.25, 0.3) is 0 Å². The van der Waals surface area contributed by atoms with Gasteiger partial charge in [-0.05, 0) is 97.8 Å². The molecule has 300 valence electrons. The van der Waals surface area contributed by atoms with E-state index in [2.05, 4.69) is 10.6 Å². The second-order valence-electron chi connectivity index (χ2n) is 12.8. The minimum Gasteiger partial charge on any atom is -0.456 e. The molecule has 0 fully saturated rings. The summed E-state index contributed by atoms with van der Waals surface area (Å²) in [6.45, 7) is 3.53. The number of nitrogens with one attached hydrogen (secondary N) is 2. The van der Waals surface area contributed by atoms with Crippen molar-refractivity contribution in [3.63, 3.8) is 0 Å². The normalized spacial score (nSPS) is 12.2. The van der Waals surface area contributed by atoms with Crippen LogP contribution >= 0.6 is 23.2 Å². The number of carbonyl (C=O) groups is 2. The summed E-state index contributed by atoms with van der Waals surface area (Å²) in [5.41, 5.74) is 2.27. The molecule has 6 aromatic rings. The summed E-state index contributed by atoms with van der Waals surface area (Å²) in [4.78, 5) is 24.6. The van der Waals surface area contributed by atoms with Crippen LogP contribution in [-0.4, -0.2) is 28.6 Å². The van der Waals surface area contributed by atoms with E-state index in [1.807, 2.05) is 60.7 Å². The number of hydrogen-bond acceptors (Lipinski definition) is 8.